The van der Waals surface area contributed by atoms with Gasteiger partial charge in [0.25, 0.3) is 0 Å². The number of nitrogens with zero attached hydrogens (tertiary/aromatic N) is 1. The molecule has 13 heavy (non-hydrogen) atoms. The number of carbonyl (C=O) groups excluding carboxylic acids is 1. The standard InChI is InChI=1S/C9H18BrNO2/c1-8(2)9(12)11(5-4-10)6-7-13-3/h8H,4-7H2,1-3H3. The Balaban J connectivity index is 3.99. The van der Waals surface area contributed by atoms with Crippen molar-refractivity contribution in [2.45, 2.75) is 13.8 Å². The number of halogens is 1. The third-order valence-corrected chi connectivity index (χ3v) is 2.08. The van der Waals surface area contributed by atoms with Gasteiger partial charge in [0.1, 0.15) is 0 Å². The Labute approximate surface area is 88.6 Å². The molecule has 0 atom stereocenters. The molecule has 0 unspecified atom stereocenters. The molecule has 0 N–H and O–H groups in total. The number of amides is 1. The van der Waals surface area contributed by atoms with Crippen molar-refractivity contribution in [3.63, 3.8) is 0 Å². The Morgan fingerprint density at radius 1 is 1.46 bits per heavy atom. The molecule has 0 rings (SSSR count). The highest BCUT2D eigenvalue weighted by Gasteiger charge is 2.15. The Morgan fingerprint density at radius 2 is 2.08 bits per heavy atom. The van der Waals surface area contributed by atoms with Crippen molar-refractivity contribution in [2.75, 3.05) is 32.1 Å². The quantitative estimate of drug-likeness (QED) is 0.671. The second kappa shape index (κ2) is 7.33. The van der Waals surface area contributed by atoms with E-state index in [1.165, 1.54) is 0 Å². The van der Waals surface area contributed by atoms with Crippen LogP contribution in [-0.4, -0.2) is 42.9 Å². The summed E-state index contributed by atoms with van der Waals surface area (Å²) >= 11 is 3.32. The maximum Gasteiger partial charge on any atom is 0.225 e. The number of hydrogen-bond acceptors (Lipinski definition) is 2. The van der Waals surface area contributed by atoms with E-state index in [1.807, 2.05) is 18.7 Å². The van der Waals surface area contributed by atoms with E-state index in [4.69, 9.17) is 4.74 Å². The third kappa shape index (κ3) is 5.26. The zero-order valence-corrected chi connectivity index (χ0v) is 10.1. The molecule has 0 aromatic carbocycles. The highest BCUT2D eigenvalue weighted by molar-refractivity contribution is 9.09. The Bertz CT molecular complexity index is 151. The lowest BCUT2D eigenvalue weighted by atomic mass is 10.2. The van der Waals surface area contributed by atoms with E-state index in [1.54, 1.807) is 7.11 Å². The summed E-state index contributed by atoms with van der Waals surface area (Å²) in [6, 6.07) is 0. The van der Waals surface area contributed by atoms with Gasteiger partial charge >= 0.3 is 0 Å². The summed E-state index contributed by atoms with van der Waals surface area (Å²) in [6.07, 6.45) is 0. The van der Waals surface area contributed by atoms with Crippen LogP contribution in [0.3, 0.4) is 0 Å². The van der Waals surface area contributed by atoms with Crippen LogP contribution >= 0.6 is 15.9 Å². The van der Waals surface area contributed by atoms with E-state index in [0.717, 1.165) is 11.9 Å². The molecule has 3 nitrogen and oxygen atoms in total. The zero-order valence-electron chi connectivity index (χ0n) is 8.55. The first-order chi connectivity index (χ1) is 6.13. The van der Waals surface area contributed by atoms with Crippen molar-refractivity contribution >= 4 is 21.8 Å². The molecule has 0 aromatic rings. The summed E-state index contributed by atoms with van der Waals surface area (Å²) < 4.78 is 4.94. The van der Waals surface area contributed by atoms with E-state index in [-0.39, 0.29) is 11.8 Å². The molecule has 0 saturated heterocycles. The molecule has 0 saturated carbocycles. The minimum Gasteiger partial charge on any atom is -0.383 e. The van der Waals surface area contributed by atoms with Gasteiger partial charge in [-0.2, -0.15) is 0 Å². The van der Waals surface area contributed by atoms with Gasteiger partial charge in [-0.15, -0.1) is 0 Å². The highest BCUT2D eigenvalue weighted by Crippen LogP contribution is 2.02. The van der Waals surface area contributed by atoms with Crippen molar-refractivity contribution < 1.29 is 9.53 Å². The number of alkyl halides is 1. The van der Waals surface area contributed by atoms with E-state index >= 15 is 0 Å². The third-order valence-electron chi connectivity index (χ3n) is 1.73. The molecular formula is C9H18BrNO2. The van der Waals surface area contributed by atoms with Crippen LogP contribution in [0.5, 0.6) is 0 Å². The Hall–Kier alpha value is -0.0900. The van der Waals surface area contributed by atoms with E-state index in [9.17, 15) is 4.79 Å². The maximum absolute atomic E-state index is 11.6. The smallest absolute Gasteiger partial charge is 0.225 e. The molecule has 4 heteroatoms. The molecule has 0 heterocycles. The summed E-state index contributed by atoms with van der Waals surface area (Å²) in [5.41, 5.74) is 0. The van der Waals surface area contributed by atoms with Crippen LogP contribution in [-0.2, 0) is 9.53 Å². The van der Waals surface area contributed by atoms with Crippen molar-refractivity contribution in [2.24, 2.45) is 5.92 Å². The lowest BCUT2D eigenvalue weighted by Crippen LogP contribution is -2.38. The van der Waals surface area contributed by atoms with Gasteiger partial charge in [-0.25, -0.2) is 0 Å². The van der Waals surface area contributed by atoms with Gasteiger partial charge in [0, 0.05) is 31.4 Å². The van der Waals surface area contributed by atoms with Gasteiger partial charge < -0.3 is 9.64 Å². The molecule has 0 aliphatic carbocycles. The number of hydrogen-bond donors (Lipinski definition) is 0. The van der Waals surface area contributed by atoms with Crippen LogP contribution in [0.15, 0.2) is 0 Å². The summed E-state index contributed by atoms with van der Waals surface area (Å²) in [4.78, 5) is 13.4. The average molecular weight is 252 g/mol. The molecule has 0 spiro atoms. The fourth-order valence-corrected chi connectivity index (χ4v) is 1.43. The van der Waals surface area contributed by atoms with Crippen molar-refractivity contribution in [3.05, 3.63) is 0 Å². The second-order valence-corrected chi connectivity index (χ2v) is 3.95. The molecule has 0 fully saturated rings. The lowest BCUT2D eigenvalue weighted by molar-refractivity contribution is -0.134. The zero-order chi connectivity index (χ0) is 10.3. The topological polar surface area (TPSA) is 29.5 Å². The van der Waals surface area contributed by atoms with Gasteiger partial charge in [0.2, 0.25) is 5.91 Å². The molecule has 0 radical (unpaired) electrons. The van der Waals surface area contributed by atoms with Gasteiger partial charge in [0.15, 0.2) is 0 Å². The Morgan fingerprint density at radius 3 is 2.46 bits per heavy atom. The summed E-state index contributed by atoms with van der Waals surface area (Å²) in [7, 11) is 1.65. The average Bonchev–Trinajstić information content (AvgIpc) is 2.11. The highest BCUT2D eigenvalue weighted by atomic mass is 79.9. The molecule has 0 aromatic heterocycles. The molecule has 78 valence electrons. The fraction of sp³-hybridized carbons (Fsp3) is 0.889. The number of carbonyl (C=O) groups is 1. The van der Waals surface area contributed by atoms with Crippen LogP contribution in [0, 0.1) is 5.92 Å². The predicted molar refractivity (Wildman–Crippen MR) is 57.1 cm³/mol. The van der Waals surface area contributed by atoms with Gasteiger partial charge in [0.05, 0.1) is 6.61 Å². The monoisotopic (exact) mass is 251 g/mol. The summed E-state index contributed by atoms with van der Waals surface area (Å²) in [5, 5.41) is 0.815. The molecule has 1 amide bonds. The van der Waals surface area contributed by atoms with Crippen molar-refractivity contribution in [1.82, 2.24) is 4.90 Å². The first-order valence-corrected chi connectivity index (χ1v) is 5.59. The lowest BCUT2D eigenvalue weighted by Gasteiger charge is -2.23. The van der Waals surface area contributed by atoms with Gasteiger partial charge in [-0.1, -0.05) is 29.8 Å². The first kappa shape index (κ1) is 12.9. The van der Waals surface area contributed by atoms with Gasteiger partial charge in [-0.3, -0.25) is 4.79 Å². The normalized spacial score (nSPS) is 10.5. The number of rotatable bonds is 6. The maximum atomic E-state index is 11.6. The summed E-state index contributed by atoms with van der Waals surface area (Å²) in [5.74, 6) is 0.257. The van der Waals surface area contributed by atoms with E-state index in [0.29, 0.717) is 13.2 Å². The molecule has 0 bridgehead atoms. The SMILES string of the molecule is COCCN(CCBr)C(=O)C(C)C. The van der Waals surface area contributed by atoms with E-state index < -0.39 is 0 Å². The van der Waals surface area contributed by atoms with Crippen LogP contribution in [0.2, 0.25) is 0 Å². The number of methoxy groups -OCH3 is 1. The minimum atomic E-state index is 0.0657. The Kier molecular flexibility index (Phi) is 7.28. The number of ether oxygens (including phenoxy) is 1. The van der Waals surface area contributed by atoms with Crippen LogP contribution in [0.25, 0.3) is 0 Å². The van der Waals surface area contributed by atoms with Crippen LogP contribution < -0.4 is 0 Å². The molecular weight excluding hydrogens is 234 g/mol. The fourth-order valence-electron chi connectivity index (χ4n) is 1.00. The van der Waals surface area contributed by atoms with Gasteiger partial charge in [-0.05, 0) is 0 Å². The molecule has 0 aliphatic heterocycles. The largest absolute Gasteiger partial charge is 0.383 e. The van der Waals surface area contributed by atoms with E-state index in [2.05, 4.69) is 15.9 Å². The predicted octanol–water partition coefficient (Wildman–Crippen LogP) is 1.51. The summed E-state index contributed by atoms with van der Waals surface area (Å²) in [6.45, 7) is 5.86. The van der Waals surface area contributed by atoms with Crippen LogP contribution in [0.1, 0.15) is 13.8 Å². The van der Waals surface area contributed by atoms with Crippen molar-refractivity contribution in [1.29, 1.82) is 0 Å². The van der Waals surface area contributed by atoms with Crippen molar-refractivity contribution in [3.8, 4) is 0 Å². The first-order valence-electron chi connectivity index (χ1n) is 4.47. The molecule has 0 aliphatic rings. The minimum absolute atomic E-state index is 0.0657. The van der Waals surface area contributed by atoms with Crippen LogP contribution in [0.4, 0.5) is 0 Å². The second-order valence-electron chi connectivity index (χ2n) is 3.16.